The Kier molecular flexibility index (Phi) is 5.77. The second-order valence-corrected chi connectivity index (χ2v) is 5.82. The van der Waals surface area contributed by atoms with Crippen molar-refractivity contribution >= 4 is 11.6 Å². The van der Waals surface area contributed by atoms with Gasteiger partial charge >= 0.3 is 0 Å². The normalized spacial score (nSPS) is 10.7. The minimum atomic E-state index is -0.0101. The van der Waals surface area contributed by atoms with E-state index in [9.17, 15) is 4.79 Å². The Morgan fingerprint density at radius 2 is 1.91 bits per heavy atom. The van der Waals surface area contributed by atoms with Crippen LogP contribution >= 0.6 is 0 Å². The molecule has 122 valence electrons. The Hall–Kier alpha value is -2.33. The molecule has 0 atom stereocenters. The molecule has 0 aliphatic rings. The van der Waals surface area contributed by atoms with Crippen molar-refractivity contribution in [2.24, 2.45) is 0 Å². The molecule has 0 aromatic heterocycles. The number of rotatable bonds is 6. The Labute approximate surface area is 138 Å². The van der Waals surface area contributed by atoms with Gasteiger partial charge < -0.3 is 10.1 Å². The van der Waals surface area contributed by atoms with Crippen LogP contribution < -0.4 is 10.1 Å². The first-order valence-electron chi connectivity index (χ1n) is 7.67. The van der Waals surface area contributed by atoms with Crippen LogP contribution in [0.15, 0.2) is 42.5 Å². The van der Waals surface area contributed by atoms with Gasteiger partial charge in [-0.25, -0.2) is 0 Å². The van der Waals surface area contributed by atoms with Crippen LogP contribution in [0.5, 0.6) is 5.75 Å². The summed E-state index contributed by atoms with van der Waals surface area (Å²) in [4.78, 5) is 14.2. The summed E-state index contributed by atoms with van der Waals surface area (Å²) in [5.74, 6) is 0.819. The number of methoxy groups -OCH3 is 1. The highest BCUT2D eigenvalue weighted by atomic mass is 16.5. The molecule has 0 bridgehead atoms. The molecular weight excluding hydrogens is 288 g/mol. The number of amides is 1. The number of ether oxygens (including phenoxy) is 1. The van der Waals surface area contributed by atoms with Gasteiger partial charge in [0.2, 0.25) is 5.91 Å². The Balaban J connectivity index is 1.93. The van der Waals surface area contributed by atoms with Crippen molar-refractivity contribution in [3.8, 4) is 5.75 Å². The third-order valence-electron chi connectivity index (χ3n) is 3.88. The van der Waals surface area contributed by atoms with Crippen LogP contribution in [0.4, 0.5) is 5.69 Å². The van der Waals surface area contributed by atoms with Crippen molar-refractivity contribution in [2.75, 3.05) is 26.0 Å². The Bertz CT molecular complexity index is 683. The second-order valence-electron chi connectivity index (χ2n) is 5.82. The van der Waals surface area contributed by atoms with Crippen molar-refractivity contribution in [3.63, 3.8) is 0 Å². The van der Waals surface area contributed by atoms with Gasteiger partial charge in [0, 0.05) is 12.2 Å². The van der Waals surface area contributed by atoms with Crippen LogP contribution in [0.25, 0.3) is 0 Å². The number of carbonyl (C=O) groups excluding carboxylic acids is 1. The third-order valence-corrected chi connectivity index (χ3v) is 3.88. The molecule has 4 heteroatoms. The van der Waals surface area contributed by atoms with E-state index in [1.165, 1.54) is 5.56 Å². The SMILES string of the molecule is COc1cccc(CN(C)CC(=O)Nc2cccc(C)c2C)c1. The minimum absolute atomic E-state index is 0.0101. The smallest absolute Gasteiger partial charge is 0.238 e. The van der Waals surface area contributed by atoms with Gasteiger partial charge in [0.05, 0.1) is 13.7 Å². The van der Waals surface area contributed by atoms with Crippen LogP contribution in [0.1, 0.15) is 16.7 Å². The molecule has 0 heterocycles. The number of likely N-dealkylation sites (N-methyl/N-ethyl adjacent to an activating group) is 1. The first-order valence-corrected chi connectivity index (χ1v) is 7.67. The van der Waals surface area contributed by atoms with E-state index in [0.717, 1.165) is 22.6 Å². The largest absolute Gasteiger partial charge is 0.497 e. The molecule has 0 fully saturated rings. The van der Waals surface area contributed by atoms with E-state index >= 15 is 0 Å². The fourth-order valence-corrected chi connectivity index (χ4v) is 2.46. The monoisotopic (exact) mass is 312 g/mol. The summed E-state index contributed by atoms with van der Waals surface area (Å²) < 4.78 is 5.22. The molecule has 0 spiro atoms. The molecule has 2 aromatic carbocycles. The van der Waals surface area contributed by atoms with Crippen molar-refractivity contribution in [1.82, 2.24) is 4.90 Å². The molecular formula is C19H24N2O2. The number of aryl methyl sites for hydroxylation is 1. The first kappa shape index (κ1) is 17.0. The molecule has 0 aliphatic carbocycles. The number of anilines is 1. The van der Waals surface area contributed by atoms with Gasteiger partial charge in [0.25, 0.3) is 0 Å². The second kappa shape index (κ2) is 7.79. The average molecular weight is 312 g/mol. The lowest BCUT2D eigenvalue weighted by atomic mass is 10.1. The number of carbonyl (C=O) groups is 1. The van der Waals surface area contributed by atoms with Gasteiger partial charge in [-0.2, -0.15) is 0 Å². The summed E-state index contributed by atoms with van der Waals surface area (Å²) in [5, 5.41) is 2.98. The van der Waals surface area contributed by atoms with E-state index in [-0.39, 0.29) is 5.91 Å². The quantitative estimate of drug-likeness (QED) is 0.889. The summed E-state index contributed by atoms with van der Waals surface area (Å²) in [5.41, 5.74) is 4.28. The maximum absolute atomic E-state index is 12.2. The van der Waals surface area contributed by atoms with Crippen molar-refractivity contribution in [3.05, 3.63) is 59.2 Å². The van der Waals surface area contributed by atoms with Gasteiger partial charge in [-0.05, 0) is 55.8 Å². The van der Waals surface area contributed by atoms with Crippen LogP contribution in [0.2, 0.25) is 0 Å². The molecule has 0 saturated heterocycles. The molecule has 0 saturated carbocycles. The fraction of sp³-hybridized carbons (Fsp3) is 0.316. The Morgan fingerprint density at radius 1 is 1.17 bits per heavy atom. The summed E-state index contributed by atoms with van der Waals surface area (Å²) in [7, 11) is 3.59. The fourth-order valence-electron chi connectivity index (χ4n) is 2.46. The topological polar surface area (TPSA) is 41.6 Å². The number of nitrogens with zero attached hydrogens (tertiary/aromatic N) is 1. The first-order chi connectivity index (χ1) is 11.0. The zero-order chi connectivity index (χ0) is 16.8. The maximum atomic E-state index is 12.2. The van der Waals surface area contributed by atoms with Crippen LogP contribution in [0.3, 0.4) is 0 Å². The number of nitrogens with one attached hydrogen (secondary N) is 1. The summed E-state index contributed by atoms with van der Waals surface area (Å²) in [6.45, 7) is 5.09. The highest BCUT2D eigenvalue weighted by Gasteiger charge is 2.10. The van der Waals surface area contributed by atoms with Gasteiger partial charge in [-0.1, -0.05) is 24.3 Å². The molecule has 4 nitrogen and oxygen atoms in total. The van der Waals surface area contributed by atoms with E-state index in [1.807, 2.05) is 68.3 Å². The minimum Gasteiger partial charge on any atom is -0.497 e. The van der Waals surface area contributed by atoms with E-state index < -0.39 is 0 Å². The number of benzene rings is 2. The van der Waals surface area contributed by atoms with Crippen LogP contribution in [-0.4, -0.2) is 31.5 Å². The van der Waals surface area contributed by atoms with Gasteiger partial charge in [-0.15, -0.1) is 0 Å². The Morgan fingerprint density at radius 3 is 2.65 bits per heavy atom. The zero-order valence-electron chi connectivity index (χ0n) is 14.2. The van der Waals surface area contributed by atoms with Crippen molar-refractivity contribution in [1.29, 1.82) is 0 Å². The predicted octanol–water partition coefficient (Wildman–Crippen LogP) is 3.38. The van der Waals surface area contributed by atoms with E-state index in [2.05, 4.69) is 5.32 Å². The lowest BCUT2D eigenvalue weighted by Gasteiger charge is -2.17. The molecule has 1 N–H and O–H groups in total. The lowest BCUT2D eigenvalue weighted by Crippen LogP contribution is -2.30. The van der Waals surface area contributed by atoms with Gasteiger partial charge in [0.1, 0.15) is 5.75 Å². The molecule has 0 radical (unpaired) electrons. The molecule has 0 aliphatic heterocycles. The van der Waals surface area contributed by atoms with Crippen LogP contribution in [0, 0.1) is 13.8 Å². The number of hydrogen-bond donors (Lipinski definition) is 1. The zero-order valence-corrected chi connectivity index (χ0v) is 14.2. The molecule has 23 heavy (non-hydrogen) atoms. The van der Waals surface area contributed by atoms with E-state index in [0.29, 0.717) is 13.1 Å². The summed E-state index contributed by atoms with van der Waals surface area (Å²) in [6, 6.07) is 13.8. The van der Waals surface area contributed by atoms with E-state index in [1.54, 1.807) is 7.11 Å². The van der Waals surface area contributed by atoms with Gasteiger partial charge in [-0.3, -0.25) is 9.69 Å². The lowest BCUT2D eigenvalue weighted by molar-refractivity contribution is -0.117. The third kappa shape index (κ3) is 4.83. The highest BCUT2D eigenvalue weighted by molar-refractivity contribution is 5.93. The predicted molar refractivity (Wildman–Crippen MR) is 93.9 cm³/mol. The van der Waals surface area contributed by atoms with Gasteiger partial charge in [0.15, 0.2) is 0 Å². The standard InChI is InChI=1S/C19H24N2O2/c1-14-7-5-10-18(15(14)2)20-19(22)13-21(3)12-16-8-6-9-17(11-16)23-4/h5-11H,12-13H2,1-4H3,(H,20,22). The maximum Gasteiger partial charge on any atom is 0.238 e. The number of hydrogen-bond acceptors (Lipinski definition) is 3. The van der Waals surface area contributed by atoms with Crippen molar-refractivity contribution in [2.45, 2.75) is 20.4 Å². The molecule has 2 aromatic rings. The molecule has 2 rings (SSSR count). The van der Waals surface area contributed by atoms with Crippen molar-refractivity contribution < 1.29 is 9.53 Å². The summed E-state index contributed by atoms with van der Waals surface area (Å²) >= 11 is 0. The summed E-state index contributed by atoms with van der Waals surface area (Å²) in [6.07, 6.45) is 0. The molecule has 1 amide bonds. The highest BCUT2D eigenvalue weighted by Crippen LogP contribution is 2.18. The van der Waals surface area contributed by atoms with Crippen LogP contribution in [-0.2, 0) is 11.3 Å². The van der Waals surface area contributed by atoms with E-state index in [4.69, 9.17) is 4.74 Å². The average Bonchev–Trinajstić information content (AvgIpc) is 2.51. The molecule has 0 unspecified atom stereocenters.